The van der Waals surface area contributed by atoms with E-state index in [1.165, 1.54) is 0 Å². The molecule has 0 atom stereocenters. The van der Waals surface area contributed by atoms with Crippen molar-refractivity contribution in [3.05, 3.63) is 29.0 Å². The van der Waals surface area contributed by atoms with Crippen molar-refractivity contribution in [2.75, 3.05) is 5.73 Å². The molecule has 0 amide bonds. The fourth-order valence-electron chi connectivity index (χ4n) is 1.62. The average molecular weight is 250 g/mol. The van der Waals surface area contributed by atoms with Gasteiger partial charge in [0.15, 0.2) is 11.0 Å². The highest BCUT2D eigenvalue weighted by Gasteiger charge is 2.13. The van der Waals surface area contributed by atoms with Crippen molar-refractivity contribution in [1.29, 1.82) is 0 Å². The summed E-state index contributed by atoms with van der Waals surface area (Å²) in [5.41, 5.74) is 8.83. The zero-order chi connectivity index (χ0) is 12.0. The van der Waals surface area contributed by atoms with Crippen molar-refractivity contribution in [1.82, 2.24) is 20.1 Å². The molecule has 17 heavy (non-hydrogen) atoms. The lowest BCUT2D eigenvalue weighted by molar-refractivity contribution is 0.315. The SMILES string of the molecule is Cc1nn(-c2ccc(N)c3nonc23)cc1Cl. The third-order valence-corrected chi connectivity index (χ3v) is 2.88. The second kappa shape index (κ2) is 3.46. The Kier molecular flexibility index (Phi) is 2.05. The average Bonchev–Trinajstić information content (AvgIpc) is 2.88. The largest absolute Gasteiger partial charge is 0.397 e. The Morgan fingerprint density at radius 1 is 1.29 bits per heavy atom. The number of nitrogens with two attached hydrogens (primary N) is 1. The Bertz CT molecular complexity index is 682. The number of hydrogen-bond acceptors (Lipinski definition) is 5. The summed E-state index contributed by atoms with van der Waals surface area (Å²) in [5, 5.41) is 12.4. The van der Waals surface area contributed by atoms with Gasteiger partial charge in [-0.15, -0.1) is 0 Å². The summed E-state index contributed by atoms with van der Waals surface area (Å²) < 4.78 is 6.32. The van der Waals surface area contributed by atoms with Gasteiger partial charge in [0.1, 0.15) is 0 Å². The summed E-state index contributed by atoms with van der Waals surface area (Å²) >= 11 is 5.97. The predicted octanol–water partition coefficient (Wildman–Crippen LogP) is 1.95. The number of aromatic nitrogens is 4. The van der Waals surface area contributed by atoms with Gasteiger partial charge < -0.3 is 5.73 Å². The third kappa shape index (κ3) is 1.45. The first-order chi connectivity index (χ1) is 8.16. The lowest BCUT2D eigenvalue weighted by Crippen LogP contribution is -1.98. The molecule has 7 heteroatoms. The third-order valence-electron chi connectivity index (χ3n) is 2.51. The minimum absolute atomic E-state index is 0.514. The Morgan fingerprint density at radius 3 is 2.76 bits per heavy atom. The number of benzene rings is 1. The number of nitrogen functional groups attached to an aromatic ring is 1. The molecule has 3 rings (SSSR count). The minimum atomic E-state index is 0.514. The van der Waals surface area contributed by atoms with Crippen LogP contribution in [0, 0.1) is 6.92 Å². The lowest BCUT2D eigenvalue weighted by Gasteiger charge is -2.01. The highest BCUT2D eigenvalue weighted by molar-refractivity contribution is 6.31. The first kappa shape index (κ1) is 10.1. The van der Waals surface area contributed by atoms with Crippen LogP contribution in [0.2, 0.25) is 5.02 Å². The molecule has 0 aliphatic heterocycles. The van der Waals surface area contributed by atoms with Crippen molar-refractivity contribution in [3.8, 4) is 5.69 Å². The van der Waals surface area contributed by atoms with Gasteiger partial charge in [0.25, 0.3) is 0 Å². The summed E-state index contributed by atoms with van der Waals surface area (Å²) in [6, 6.07) is 3.53. The molecule has 2 aromatic heterocycles. The number of nitrogens with zero attached hydrogens (tertiary/aromatic N) is 4. The molecule has 0 bridgehead atoms. The highest BCUT2D eigenvalue weighted by Crippen LogP contribution is 2.25. The Hall–Kier alpha value is -2.08. The molecule has 0 spiro atoms. The van der Waals surface area contributed by atoms with Crippen LogP contribution in [0.3, 0.4) is 0 Å². The molecule has 86 valence electrons. The number of hydrogen-bond donors (Lipinski definition) is 1. The summed E-state index contributed by atoms with van der Waals surface area (Å²) in [4.78, 5) is 0. The topological polar surface area (TPSA) is 82.8 Å². The van der Waals surface area contributed by atoms with Crippen LogP contribution in [0.15, 0.2) is 23.0 Å². The maximum atomic E-state index is 5.97. The molecule has 2 heterocycles. The number of anilines is 1. The van der Waals surface area contributed by atoms with Gasteiger partial charge in [0.05, 0.1) is 22.1 Å². The Morgan fingerprint density at radius 2 is 2.06 bits per heavy atom. The summed E-state index contributed by atoms with van der Waals surface area (Å²) in [5.74, 6) is 0. The zero-order valence-corrected chi connectivity index (χ0v) is 9.64. The van der Waals surface area contributed by atoms with Crippen LogP contribution in [-0.2, 0) is 0 Å². The second-order valence-corrected chi connectivity index (χ2v) is 4.05. The Labute approximate surface area is 101 Å². The molecule has 0 unspecified atom stereocenters. The molecular formula is C10H8ClN5O. The molecule has 2 N–H and O–H groups in total. The number of fused-ring (bicyclic) bond motifs is 1. The van der Waals surface area contributed by atoms with Crippen LogP contribution in [0.25, 0.3) is 16.7 Å². The molecule has 1 aromatic carbocycles. The normalized spacial score (nSPS) is 11.2. The molecule has 0 saturated heterocycles. The zero-order valence-electron chi connectivity index (χ0n) is 8.88. The molecular weight excluding hydrogens is 242 g/mol. The van der Waals surface area contributed by atoms with Crippen LogP contribution in [0.4, 0.5) is 5.69 Å². The van der Waals surface area contributed by atoms with E-state index in [1.54, 1.807) is 23.0 Å². The first-order valence-electron chi connectivity index (χ1n) is 4.89. The van der Waals surface area contributed by atoms with Gasteiger partial charge >= 0.3 is 0 Å². The van der Waals surface area contributed by atoms with Crippen molar-refractivity contribution >= 4 is 28.3 Å². The van der Waals surface area contributed by atoms with E-state index in [4.69, 9.17) is 22.0 Å². The van der Waals surface area contributed by atoms with Gasteiger partial charge in [-0.05, 0) is 29.4 Å². The molecule has 0 radical (unpaired) electrons. The quantitative estimate of drug-likeness (QED) is 0.667. The van der Waals surface area contributed by atoms with E-state index in [2.05, 4.69) is 15.4 Å². The molecule has 0 aliphatic carbocycles. The molecule has 6 nitrogen and oxygen atoms in total. The second-order valence-electron chi connectivity index (χ2n) is 3.64. The molecule has 0 aliphatic rings. The van der Waals surface area contributed by atoms with Crippen LogP contribution in [0.5, 0.6) is 0 Å². The maximum Gasteiger partial charge on any atom is 0.162 e. The van der Waals surface area contributed by atoms with E-state index >= 15 is 0 Å². The van der Waals surface area contributed by atoms with E-state index in [-0.39, 0.29) is 0 Å². The number of rotatable bonds is 1. The maximum absolute atomic E-state index is 5.97. The fourth-order valence-corrected chi connectivity index (χ4v) is 1.75. The van der Waals surface area contributed by atoms with Crippen LogP contribution < -0.4 is 5.73 Å². The van der Waals surface area contributed by atoms with Crippen molar-refractivity contribution < 1.29 is 4.63 Å². The van der Waals surface area contributed by atoms with Gasteiger partial charge in [-0.1, -0.05) is 11.6 Å². The molecule has 0 fully saturated rings. The monoisotopic (exact) mass is 249 g/mol. The molecule has 3 aromatic rings. The van der Waals surface area contributed by atoms with Crippen LogP contribution >= 0.6 is 11.6 Å². The summed E-state index contributed by atoms with van der Waals surface area (Å²) in [6.45, 7) is 1.83. The van der Waals surface area contributed by atoms with Crippen molar-refractivity contribution in [2.45, 2.75) is 6.92 Å². The van der Waals surface area contributed by atoms with E-state index in [1.807, 2.05) is 6.92 Å². The number of halogens is 1. The van der Waals surface area contributed by atoms with E-state index in [0.717, 1.165) is 11.4 Å². The van der Waals surface area contributed by atoms with Crippen LogP contribution in [0.1, 0.15) is 5.69 Å². The van der Waals surface area contributed by atoms with E-state index < -0.39 is 0 Å². The van der Waals surface area contributed by atoms with Gasteiger partial charge in [0.2, 0.25) is 0 Å². The van der Waals surface area contributed by atoms with Crippen LogP contribution in [-0.4, -0.2) is 20.1 Å². The Balaban J connectivity index is 2.30. The summed E-state index contributed by atoms with van der Waals surface area (Å²) in [7, 11) is 0. The van der Waals surface area contributed by atoms with Gasteiger partial charge in [0, 0.05) is 6.20 Å². The van der Waals surface area contributed by atoms with Crippen molar-refractivity contribution in [2.24, 2.45) is 0 Å². The fraction of sp³-hybridized carbons (Fsp3) is 0.100. The first-order valence-corrected chi connectivity index (χ1v) is 5.27. The summed E-state index contributed by atoms with van der Waals surface area (Å²) in [6.07, 6.45) is 1.70. The van der Waals surface area contributed by atoms with E-state index in [9.17, 15) is 0 Å². The van der Waals surface area contributed by atoms with E-state index in [0.29, 0.717) is 21.7 Å². The minimum Gasteiger partial charge on any atom is -0.397 e. The van der Waals surface area contributed by atoms with Gasteiger partial charge in [-0.3, -0.25) is 0 Å². The smallest absolute Gasteiger partial charge is 0.162 e. The molecule has 0 saturated carbocycles. The standard InChI is InChI=1S/C10H8ClN5O/c1-5-6(11)4-16(13-5)8-3-2-7(12)9-10(8)15-17-14-9/h2-4H,12H2,1H3. The number of aryl methyl sites for hydroxylation is 1. The predicted molar refractivity (Wildman–Crippen MR) is 63.1 cm³/mol. The lowest BCUT2D eigenvalue weighted by atomic mass is 10.2. The van der Waals surface area contributed by atoms with Gasteiger partial charge in [-0.2, -0.15) is 5.10 Å². The van der Waals surface area contributed by atoms with Gasteiger partial charge in [-0.25, -0.2) is 9.31 Å². The van der Waals surface area contributed by atoms with Crippen molar-refractivity contribution in [3.63, 3.8) is 0 Å². The highest BCUT2D eigenvalue weighted by atomic mass is 35.5.